The maximum atomic E-state index is 12.5. The lowest BCUT2D eigenvalue weighted by Crippen LogP contribution is -2.27. The maximum absolute atomic E-state index is 12.5. The zero-order valence-electron chi connectivity index (χ0n) is 14.6. The van der Waals surface area contributed by atoms with Crippen LogP contribution >= 0.6 is 15.9 Å². The molecule has 0 aliphatic heterocycles. The lowest BCUT2D eigenvalue weighted by atomic mass is 10.1. The summed E-state index contributed by atoms with van der Waals surface area (Å²) < 4.78 is 0.967. The highest BCUT2D eigenvalue weighted by atomic mass is 79.9. The second-order valence-electron chi connectivity index (χ2n) is 5.98. The van der Waals surface area contributed by atoms with Crippen LogP contribution in [-0.2, 0) is 4.79 Å². The number of rotatable bonds is 5. The van der Waals surface area contributed by atoms with Crippen molar-refractivity contribution < 1.29 is 4.79 Å². The number of H-pyrrole nitrogens is 1. The fraction of sp³-hybridized carbons (Fsp3) is 0.0952. The summed E-state index contributed by atoms with van der Waals surface area (Å²) in [6, 6.07) is 19.1. The normalized spacial score (nSPS) is 12.3. The van der Waals surface area contributed by atoms with E-state index in [0.717, 1.165) is 21.3 Å². The first-order valence-corrected chi connectivity index (χ1v) is 9.14. The number of carbonyl (C=O) groups is 1. The third kappa shape index (κ3) is 4.52. The topological polar surface area (TPSA) is 81.6 Å². The number of benzene rings is 2. The second kappa shape index (κ2) is 8.47. The molecule has 0 bridgehead atoms. The molecular formula is C21H17BrN4O. The molecule has 2 aromatic carbocycles. The average Bonchev–Trinajstić information content (AvgIpc) is 3.15. The van der Waals surface area contributed by atoms with Crippen molar-refractivity contribution in [2.24, 2.45) is 0 Å². The molecule has 1 atom stereocenters. The van der Waals surface area contributed by atoms with Gasteiger partial charge in [0.1, 0.15) is 11.6 Å². The zero-order valence-corrected chi connectivity index (χ0v) is 16.2. The van der Waals surface area contributed by atoms with Gasteiger partial charge in [-0.15, -0.1) is 0 Å². The number of hydrogen-bond donors (Lipinski definition) is 2. The minimum atomic E-state index is -0.420. The highest BCUT2D eigenvalue weighted by molar-refractivity contribution is 9.10. The summed E-state index contributed by atoms with van der Waals surface area (Å²) in [5.41, 5.74) is 3.34. The molecule has 27 heavy (non-hydrogen) atoms. The standard InChI is InChI=1S/C21H17BrN4O/c1-14(15-5-3-2-4-6-15)25-21(27)17(12-23)11-18-13-24-26-20(18)16-7-9-19(22)10-8-16/h2-11,13-14H,1H3,(H,24,26)(H,25,27)/b17-11-. The minimum absolute atomic E-state index is 0.0255. The van der Waals surface area contributed by atoms with Crippen LogP contribution in [0.3, 0.4) is 0 Å². The van der Waals surface area contributed by atoms with Gasteiger partial charge in [-0.3, -0.25) is 9.89 Å². The van der Waals surface area contributed by atoms with E-state index in [1.165, 1.54) is 0 Å². The van der Waals surface area contributed by atoms with Gasteiger partial charge in [0.2, 0.25) is 0 Å². The van der Waals surface area contributed by atoms with E-state index >= 15 is 0 Å². The summed E-state index contributed by atoms with van der Waals surface area (Å²) in [6.45, 7) is 1.88. The molecular weight excluding hydrogens is 404 g/mol. The van der Waals surface area contributed by atoms with Crippen LogP contribution in [-0.4, -0.2) is 16.1 Å². The van der Waals surface area contributed by atoms with Gasteiger partial charge in [-0.2, -0.15) is 10.4 Å². The number of nitrogens with zero attached hydrogens (tertiary/aromatic N) is 2. The van der Waals surface area contributed by atoms with Crippen LogP contribution in [0.1, 0.15) is 24.1 Å². The Kier molecular flexibility index (Phi) is 5.84. The van der Waals surface area contributed by atoms with Crippen molar-refractivity contribution >= 4 is 27.9 Å². The number of amides is 1. The quantitative estimate of drug-likeness (QED) is 0.466. The molecule has 5 nitrogen and oxygen atoms in total. The van der Waals surface area contributed by atoms with E-state index in [4.69, 9.17) is 0 Å². The Bertz CT molecular complexity index is 1000. The molecule has 134 valence electrons. The molecule has 6 heteroatoms. The molecule has 0 radical (unpaired) electrons. The molecule has 2 N–H and O–H groups in total. The Morgan fingerprint density at radius 2 is 1.93 bits per heavy atom. The van der Waals surface area contributed by atoms with Gasteiger partial charge in [0, 0.05) is 15.6 Å². The number of nitriles is 1. The van der Waals surface area contributed by atoms with Crippen LogP contribution in [0.25, 0.3) is 17.3 Å². The molecule has 3 aromatic rings. The maximum Gasteiger partial charge on any atom is 0.262 e. The molecule has 0 saturated carbocycles. The molecule has 0 spiro atoms. The van der Waals surface area contributed by atoms with Gasteiger partial charge in [-0.05, 0) is 30.7 Å². The Hall–Kier alpha value is -3.17. The monoisotopic (exact) mass is 420 g/mol. The minimum Gasteiger partial charge on any atom is -0.345 e. The van der Waals surface area contributed by atoms with E-state index in [9.17, 15) is 10.1 Å². The summed E-state index contributed by atoms with van der Waals surface area (Å²) in [5, 5.41) is 19.3. The molecule has 1 aromatic heterocycles. The van der Waals surface area contributed by atoms with Crippen molar-refractivity contribution in [1.82, 2.24) is 15.5 Å². The van der Waals surface area contributed by atoms with Crippen LogP contribution in [0, 0.1) is 11.3 Å². The van der Waals surface area contributed by atoms with E-state index in [0.29, 0.717) is 5.56 Å². The summed E-state index contributed by atoms with van der Waals surface area (Å²) in [5.74, 6) is -0.420. The van der Waals surface area contributed by atoms with Crippen molar-refractivity contribution in [2.75, 3.05) is 0 Å². The van der Waals surface area contributed by atoms with Gasteiger partial charge >= 0.3 is 0 Å². The highest BCUT2D eigenvalue weighted by Gasteiger charge is 2.15. The smallest absolute Gasteiger partial charge is 0.262 e. The van der Waals surface area contributed by atoms with Gasteiger partial charge in [0.15, 0.2) is 0 Å². The van der Waals surface area contributed by atoms with Crippen molar-refractivity contribution in [1.29, 1.82) is 5.26 Å². The van der Waals surface area contributed by atoms with Gasteiger partial charge < -0.3 is 5.32 Å². The SMILES string of the molecule is CC(NC(=O)/C(C#N)=C\c1cn[nH]c1-c1ccc(Br)cc1)c1ccccc1. The summed E-state index contributed by atoms with van der Waals surface area (Å²) >= 11 is 3.41. The van der Waals surface area contributed by atoms with Crippen molar-refractivity contribution in [3.63, 3.8) is 0 Å². The third-order valence-corrected chi connectivity index (χ3v) is 4.64. The lowest BCUT2D eigenvalue weighted by molar-refractivity contribution is -0.117. The van der Waals surface area contributed by atoms with E-state index in [-0.39, 0.29) is 11.6 Å². The lowest BCUT2D eigenvalue weighted by Gasteiger charge is -2.13. The first-order valence-electron chi connectivity index (χ1n) is 8.35. The molecule has 0 fully saturated rings. The predicted molar refractivity (Wildman–Crippen MR) is 108 cm³/mol. The van der Waals surface area contributed by atoms with Gasteiger partial charge in [-0.1, -0.05) is 58.4 Å². The summed E-state index contributed by atoms with van der Waals surface area (Å²) in [7, 11) is 0. The first kappa shape index (κ1) is 18.6. The Morgan fingerprint density at radius 3 is 2.59 bits per heavy atom. The van der Waals surface area contributed by atoms with Crippen molar-refractivity contribution in [3.8, 4) is 17.3 Å². The molecule has 0 aliphatic carbocycles. The number of aromatic amines is 1. The van der Waals surface area contributed by atoms with Crippen LogP contribution < -0.4 is 5.32 Å². The number of aromatic nitrogens is 2. The van der Waals surface area contributed by atoms with Crippen LogP contribution in [0.15, 0.2) is 70.8 Å². The highest BCUT2D eigenvalue weighted by Crippen LogP contribution is 2.25. The Balaban J connectivity index is 1.83. The van der Waals surface area contributed by atoms with E-state index in [2.05, 4.69) is 31.4 Å². The van der Waals surface area contributed by atoms with Crippen molar-refractivity contribution in [3.05, 3.63) is 82.0 Å². The molecule has 1 unspecified atom stereocenters. The summed E-state index contributed by atoms with van der Waals surface area (Å²) in [6.07, 6.45) is 3.15. The van der Waals surface area contributed by atoms with Gasteiger partial charge in [0.25, 0.3) is 5.91 Å². The third-order valence-electron chi connectivity index (χ3n) is 4.11. The van der Waals surface area contributed by atoms with Gasteiger partial charge in [-0.25, -0.2) is 0 Å². The van der Waals surface area contributed by atoms with Crippen LogP contribution in [0.4, 0.5) is 0 Å². The molecule has 1 amide bonds. The number of hydrogen-bond acceptors (Lipinski definition) is 3. The van der Waals surface area contributed by atoms with E-state index in [1.807, 2.05) is 67.6 Å². The van der Waals surface area contributed by atoms with Gasteiger partial charge in [0.05, 0.1) is 17.9 Å². The van der Waals surface area contributed by atoms with Crippen LogP contribution in [0.5, 0.6) is 0 Å². The zero-order chi connectivity index (χ0) is 19.2. The second-order valence-corrected chi connectivity index (χ2v) is 6.90. The predicted octanol–water partition coefficient (Wildman–Crippen LogP) is 4.62. The number of carbonyl (C=O) groups excluding carboxylic acids is 1. The molecule has 0 aliphatic rings. The molecule has 1 heterocycles. The molecule has 0 saturated heterocycles. The number of nitrogens with one attached hydrogen (secondary N) is 2. The Morgan fingerprint density at radius 1 is 1.22 bits per heavy atom. The fourth-order valence-electron chi connectivity index (χ4n) is 2.66. The summed E-state index contributed by atoms with van der Waals surface area (Å²) in [4.78, 5) is 12.5. The fourth-order valence-corrected chi connectivity index (χ4v) is 2.92. The van der Waals surface area contributed by atoms with E-state index in [1.54, 1.807) is 12.3 Å². The van der Waals surface area contributed by atoms with E-state index < -0.39 is 5.91 Å². The first-order chi connectivity index (χ1) is 13.1. The van der Waals surface area contributed by atoms with Crippen LogP contribution in [0.2, 0.25) is 0 Å². The average molecular weight is 421 g/mol. The Labute approximate surface area is 165 Å². The van der Waals surface area contributed by atoms with Crippen molar-refractivity contribution in [2.45, 2.75) is 13.0 Å². The number of halogens is 1. The largest absolute Gasteiger partial charge is 0.345 e. The molecule has 3 rings (SSSR count).